The fourth-order valence-corrected chi connectivity index (χ4v) is 2.33. The Morgan fingerprint density at radius 1 is 1.28 bits per heavy atom. The number of rotatable bonds is 4. The predicted octanol–water partition coefficient (Wildman–Crippen LogP) is 2.43. The highest BCUT2D eigenvalue weighted by Gasteiger charge is 2.20. The van der Waals surface area contributed by atoms with Gasteiger partial charge in [-0.2, -0.15) is 0 Å². The van der Waals surface area contributed by atoms with Crippen molar-refractivity contribution < 1.29 is 13.5 Å². The van der Waals surface area contributed by atoms with Gasteiger partial charge in [0.05, 0.1) is 6.10 Å². The zero-order valence-corrected chi connectivity index (χ0v) is 10.2. The molecule has 0 bridgehead atoms. The number of nitrogens with one attached hydrogen (secondary N) is 1. The minimum absolute atomic E-state index is 0.103. The molecule has 3 N–H and O–H groups in total. The molecule has 1 aliphatic rings. The molecule has 0 aliphatic carbocycles. The minimum Gasteiger partial charge on any atom is -0.378 e. The maximum absolute atomic E-state index is 13.2. The van der Waals surface area contributed by atoms with Crippen molar-refractivity contribution in [3.63, 3.8) is 0 Å². The standard InChI is InChI=1S/C13H18F2N2O/c14-10-5-9(6-11(15)7-10)13(17-16)8-12-3-1-2-4-18-12/h5-7,12-13,17H,1-4,8,16H2. The second kappa shape index (κ2) is 6.22. The van der Waals surface area contributed by atoms with Crippen LogP contribution in [0.15, 0.2) is 18.2 Å². The minimum atomic E-state index is -0.588. The first-order valence-electron chi connectivity index (χ1n) is 6.23. The van der Waals surface area contributed by atoms with Crippen LogP contribution in [0, 0.1) is 11.6 Å². The molecule has 2 unspecified atom stereocenters. The highest BCUT2D eigenvalue weighted by Crippen LogP contribution is 2.25. The molecule has 0 aromatic heterocycles. The number of hydrogen-bond donors (Lipinski definition) is 2. The van der Waals surface area contributed by atoms with Gasteiger partial charge in [0.1, 0.15) is 11.6 Å². The molecule has 0 spiro atoms. The molecule has 1 fully saturated rings. The van der Waals surface area contributed by atoms with Gasteiger partial charge in [0.15, 0.2) is 0 Å². The van der Waals surface area contributed by atoms with Crippen LogP contribution in [-0.2, 0) is 4.74 Å². The van der Waals surface area contributed by atoms with Crippen molar-refractivity contribution in [3.8, 4) is 0 Å². The van der Waals surface area contributed by atoms with Gasteiger partial charge in [0.25, 0.3) is 0 Å². The average molecular weight is 256 g/mol. The fraction of sp³-hybridized carbons (Fsp3) is 0.538. The van der Waals surface area contributed by atoms with Crippen LogP contribution >= 0.6 is 0 Å². The molecule has 100 valence electrons. The summed E-state index contributed by atoms with van der Waals surface area (Å²) in [5, 5.41) is 0. The molecule has 2 atom stereocenters. The Balaban J connectivity index is 2.06. The van der Waals surface area contributed by atoms with E-state index in [1.807, 2.05) is 0 Å². The smallest absolute Gasteiger partial charge is 0.126 e. The van der Waals surface area contributed by atoms with Gasteiger partial charge in [-0.15, -0.1) is 0 Å². The molecule has 0 amide bonds. The highest BCUT2D eigenvalue weighted by molar-refractivity contribution is 5.21. The normalized spacial score (nSPS) is 21.8. The van der Waals surface area contributed by atoms with E-state index in [0.717, 1.165) is 31.9 Å². The van der Waals surface area contributed by atoms with E-state index in [1.54, 1.807) is 0 Å². The van der Waals surface area contributed by atoms with Gasteiger partial charge in [-0.05, 0) is 43.4 Å². The van der Waals surface area contributed by atoms with E-state index in [1.165, 1.54) is 12.1 Å². The Labute approximate surface area is 105 Å². The van der Waals surface area contributed by atoms with E-state index in [-0.39, 0.29) is 12.1 Å². The summed E-state index contributed by atoms with van der Waals surface area (Å²) in [6.07, 6.45) is 3.90. The van der Waals surface area contributed by atoms with Crippen molar-refractivity contribution in [3.05, 3.63) is 35.4 Å². The van der Waals surface area contributed by atoms with Crippen molar-refractivity contribution in [1.29, 1.82) is 0 Å². The van der Waals surface area contributed by atoms with Crippen LogP contribution in [0.4, 0.5) is 8.78 Å². The summed E-state index contributed by atoms with van der Waals surface area (Å²) in [6.45, 7) is 0.749. The van der Waals surface area contributed by atoms with Gasteiger partial charge >= 0.3 is 0 Å². The molecule has 3 nitrogen and oxygen atoms in total. The van der Waals surface area contributed by atoms with Gasteiger partial charge in [-0.1, -0.05) is 0 Å². The third-order valence-electron chi connectivity index (χ3n) is 3.26. The van der Waals surface area contributed by atoms with Crippen LogP contribution in [0.1, 0.15) is 37.3 Å². The monoisotopic (exact) mass is 256 g/mol. The summed E-state index contributed by atoms with van der Waals surface area (Å²) in [6, 6.07) is 3.17. The summed E-state index contributed by atoms with van der Waals surface area (Å²) >= 11 is 0. The van der Waals surface area contributed by atoms with Gasteiger partial charge in [0.2, 0.25) is 0 Å². The van der Waals surface area contributed by atoms with E-state index < -0.39 is 11.6 Å². The fourth-order valence-electron chi connectivity index (χ4n) is 2.33. The molecule has 1 aromatic carbocycles. The van der Waals surface area contributed by atoms with E-state index in [4.69, 9.17) is 10.6 Å². The van der Waals surface area contributed by atoms with Crippen molar-refractivity contribution >= 4 is 0 Å². The highest BCUT2D eigenvalue weighted by atomic mass is 19.1. The molecule has 0 radical (unpaired) electrons. The summed E-state index contributed by atoms with van der Waals surface area (Å²) in [7, 11) is 0. The third-order valence-corrected chi connectivity index (χ3v) is 3.26. The van der Waals surface area contributed by atoms with Crippen LogP contribution in [0.2, 0.25) is 0 Å². The summed E-state index contributed by atoms with van der Waals surface area (Å²) in [5.41, 5.74) is 3.12. The van der Waals surface area contributed by atoms with E-state index in [9.17, 15) is 8.78 Å². The number of nitrogens with two attached hydrogens (primary N) is 1. The number of hydrazine groups is 1. The quantitative estimate of drug-likeness (QED) is 0.642. The first kappa shape index (κ1) is 13.4. The first-order valence-corrected chi connectivity index (χ1v) is 6.23. The molecule has 0 saturated carbocycles. The van der Waals surface area contributed by atoms with E-state index >= 15 is 0 Å². The summed E-state index contributed by atoms with van der Waals surface area (Å²) in [4.78, 5) is 0. The van der Waals surface area contributed by atoms with Crippen molar-refractivity contribution in [2.45, 2.75) is 37.8 Å². The molecule has 1 heterocycles. The molecular weight excluding hydrogens is 238 g/mol. The van der Waals surface area contributed by atoms with Crippen LogP contribution in [0.3, 0.4) is 0 Å². The molecule has 1 saturated heterocycles. The number of ether oxygens (including phenoxy) is 1. The largest absolute Gasteiger partial charge is 0.378 e. The lowest BCUT2D eigenvalue weighted by atomic mass is 9.97. The molecule has 1 aromatic rings. The third kappa shape index (κ3) is 3.48. The molecule has 5 heteroatoms. The molecule has 18 heavy (non-hydrogen) atoms. The first-order chi connectivity index (χ1) is 8.69. The Hall–Kier alpha value is -1.04. The summed E-state index contributed by atoms with van der Waals surface area (Å²) < 4.78 is 31.9. The van der Waals surface area contributed by atoms with Gasteiger partial charge in [-0.25, -0.2) is 8.78 Å². The Kier molecular flexibility index (Phi) is 4.63. The molecule has 1 aliphatic heterocycles. The Morgan fingerprint density at radius 3 is 2.56 bits per heavy atom. The maximum atomic E-state index is 13.2. The van der Waals surface area contributed by atoms with Gasteiger partial charge in [0, 0.05) is 18.7 Å². The maximum Gasteiger partial charge on any atom is 0.126 e. The van der Waals surface area contributed by atoms with Gasteiger partial charge < -0.3 is 4.74 Å². The topological polar surface area (TPSA) is 47.3 Å². The average Bonchev–Trinajstić information content (AvgIpc) is 2.36. The van der Waals surface area contributed by atoms with Crippen LogP contribution in [0.5, 0.6) is 0 Å². The van der Waals surface area contributed by atoms with Crippen molar-refractivity contribution in [1.82, 2.24) is 5.43 Å². The SMILES string of the molecule is NNC(CC1CCCCO1)c1cc(F)cc(F)c1. The van der Waals surface area contributed by atoms with E-state index in [0.29, 0.717) is 12.0 Å². The number of halogens is 2. The van der Waals surface area contributed by atoms with Crippen molar-refractivity contribution in [2.75, 3.05) is 6.61 Å². The van der Waals surface area contributed by atoms with Crippen molar-refractivity contribution in [2.24, 2.45) is 5.84 Å². The van der Waals surface area contributed by atoms with Crippen LogP contribution in [-0.4, -0.2) is 12.7 Å². The number of hydrogen-bond acceptors (Lipinski definition) is 3. The zero-order valence-electron chi connectivity index (χ0n) is 10.2. The summed E-state index contributed by atoms with van der Waals surface area (Å²) in [5.74, 6) is 4.30. The van der Waals surface area contributed by atoms with Crippen LogP contribution < -0.4 is 11.3 Å². The molecular formula is C13H18F2N2O. The predicted molar refractivity (Wildman–Crippen MR) is 64.6 cm³/mol. The second-order valence-corrected chi connectivity index (χ2v) is 4.65. The second-order valence-electron chi connectivity index (χ2n) is 4.65. The van der Waals surface area contributed by atoms with E-state index in [2.05, 4.69) is 5.43 Å². The lowest BCUT2D eigenvalue weighted by Crippen LogP contribution is -2.33. The molecule has 2 rings (SSSR count). The zero-order chi connectivity index (χ0) is 13.0. The Morgan fingerprint density at radius 2 is 2.00 bits per heavy atom. The lowest BCUT2D eigenvalue weighted by Gasteiger charge is -2.27. The lowest BCUT2D eigenvalue weighted by molar-refractivity contribution is 0.00499. The van der Waals surface area contributed by atoms with Crippen LogP contribution in [0.25, 0.3) is 0 Å². The Bertz CT molecular complexity index is 374. The number of benzene rings is 1. The van der Waals surface area contributed by atoms with Gasteiger partial charge in [-0.3, -0.25) is 11.3 Å².